The van der Waals surface area contributed by atoms with Crippen molar-refractivity contribution >= 4 is 11.8 Å². The first-order chi connectivity index (χ1) is 15.8. The highest BCUT2D eigenvalue weighted by atomic mass is 19.4. The Morgan fingerprint density at radius 3 is 2.18 bits per heavy atom. The highest BCUT2D eigenvalue weighted by Crippen LogP contribution is 2.27. The number of nitrogens with one attached hydrogen (secondary N) is 2. The predicted octanol–water partition coefficient (Wildman–Crippen LogP) is 2.61. The van der Waals surface area contributed by atoms with Gasteiger partial charge in [-0.2, -0.15) is 18.3 Å². The van der Waals surface area contributed by atoms with E-state index < -0.39 is 30.2 Å². The van der Waals surface area contributed by atoms with E-state index in [1.807, 2.05) is 48.5 Å². The van der Waals surface area contributed by atoms with Crippen molar-refractivity contribution in [2.45, 2.75) is 12.7 Å². The number of nitrogens with zero attached hydrogens (tertiary/aromatic N) is 5. The van der Waals surface area contributed by atoms with Gasteiger partial charge in [0.25, 0.3) is 5.91 Å². The molecule has 0 aliphatic carbocycles. The molecule has 0 spiro atoms. The van der Waals surface area contributed by atoms with Crippen LogP contribution in [0.25, 0.3) is 17.1 Å². The van der Waals surface area contributed by atoms with Gasteiger partial charge in [-0.1, -0.05) is 48.5 Å². The number of halogens is 3. The molecule has 0 radical (unpaired) electrons. The minimum Gasteiger partial charge on any atom is -0.271 e. The lowest BCUT2D eigenvalue weighted by molar-refractivity contribution is -0.141. The van der Waals surface area contributed by atoms with E-state index in [0.29, 0.717) is 11.5 Å². The topological polar surface area (TPSA) is 107 Å². The Bertz CT molecular complexity index is 1210. The summed E-state index contributed by atoms with van der Waals surface area (Å²) in [6.07, 6.45) is -3.60. The molecule has 0 aliphatic heterocycles. The molecular weight excluding hydrogens is 439 g/mol. The van der Waals surface area contributed by atoms with Crippen LogP contribution in [0.15, 0.2) is 72.9 Å². The monoisotopic (exact) mass is 455 g/mol. The van der Waals surface area contributed by atoms with E-state index in [1.165, 1.54) is 4.68 Å². The average molecular weight is 455 g/mol. The Hall–Kier alpha value is -4.48. The van der Waals surface area contributed by atoms with Crippen LogP contribution in [0.2, 0.25) is 0 Å². The summed E-state index contributed by atoms with van der Waals surface area (Å²) in [4.78, 5) is 28.8. The molecule has 0 aliphatic rings. The number of benzene rings is 2. The number of hydrazine groups is 1. The van der Waals surface area contributed by atoms with E-state index >= 15 is 0 Å². The molecule has 0 fully saturated rings. The maximum absolute atomic E-state index is 12.6. The highest BCUT2D eigenvalue weighted by molar-refractivity contribution is 5.92. The number of alkyl halides is 3. The fraction of sp³-hybridized carbons (Fsp3) is 0.0952. The number of carbonyl (C=O) groups is 2. The molecule has 0 atom stereocenters. The maximum atomic E-state index is 12.6. The summed E-state index contributed by atoms with van der Waals surface area (Å²) in [7, 11) is 0. The molecule has 9 nitrogen and oxygen atoms in total. The van der Waals surface area contributed by atoms with Crippen LogP contribution in [0, 0.1) is 0 Å². The van der Waals surface area contributed by atoms with Gasteiger partial charge in [-0.3, -0.25) is 25.1 Å². The van der Waals surface area contributed by atoms with Crippen LogP contribution in [0.3, 0.4) is 0 Å². The van der Waals surface area contributed by atoms with Crippen molar-refractivity contribution in [2.75, 3.05) is 0 Å². The highest BCUT2D eigenvalue weighted by Gasteiger charge is 2.33. The summed E-state index contributed by atoms with van der Waals surface area (Å²) in [5.41, 5.74) is 4.54. The standard InChI is InChI=1S/C21H16F3N7O2/c22-21(23,24)16-11-12-30(28-16)13-17(32)26-27-20(33)18-25-19(14-7-3-1-4-8-14)31(29-18)15-9-5-2-6-10-15/h1-12H,13H2,(H,26,32)(H,27,33). The number of hydrogen-bond donors (Lipinski definition) is 2. The second-order valence-corrected chi connectivity index (χ2v) is 6.77. The van der Waals surface area contributed by atoms with Gasteiger partial charge in [0.2, 0.25) is 5.82 Å². The van der Waals surface area contributed by atoms with Gasteiger partial charge in [-0.15, -0.1) is 5.10 Å². The third kappa shape index (κ3) is 5.06. The molecule has 12 heteroatoms. The molecule has 2 amide bonds. The summed E-state index contributed by atoms with van der Waals surface area (Å²) in [6, 6.07) is 18.9. The quantitative estimate of drug-likeness (QED) is 0.450. The molecule has 0 unspecified atom stereocenters. The first kappa shape index (κ1) is 21.7. The van der Waals surface area contributed by atoms with E-state index in [0.717, 1.165) is 22.5 Å². The minimum absolute atomic E-state index is 0.212. The van der Waals surface area contributed by atoms with Gasteiger partial charge < -0.3 is 0 Å². The van der Waals surface area contributed by atoms with Crippen LogP contribution in [0.1, 0.15) is 16.3 Å². The largest absolute Gasteiger partial charge is 0.435 e. The molecule has 0 saturated heterocycles. The van der Waals surface area contributed by atoms with Crippen LogP contribution >= 0.6 is 0 Å². The first-order valence-corrected chi connectivity index (χ1v) is 9.59. The van der Waals surface area contributed by atoms with Crippen LogP contribution < -0.4 is 10.9 Å². The second-order valence-electron chi connectivity index (χ2n) is 6.77. The van der Waals surface area contributed by atoms with Crippen molar-refractivity contribution in [3.05, 3.63) is 84.4 Å². The Balaban J connectivity index is 1.47. The Kier molecular flexibility index (Phi) is 5.89. The minimum atomic E-state index is -4.62. The average Bonchev–Trinajstić information content (AvgIpc) is 3.46. The molecule has 4 rings (SSSR count). The third-order valence-electron chi connectivity index (χ3n) is 4.40. The fourth-order valence-electron chi connectivity index (χ4n) is 2.90. The Labute approximate surface area is 184 Å². The number of amides is 2. The summed E-state index contributed by atoms with van der Waals surface area (Å²) in [5, 5.41) is 7.53. The van der Waals surface area contributed by atoms with Crippen LogP contribution in [-0.2, 0) is 17.5 Å². The van der Waals surface area contributed by atoms with E-state index in [-0.39, 0.29) is 5.82 Å². The van der Waals surface area contributed by atoms with Gasteiger partial charge in [-0.05, 0) is 18.2 Å². The first-order valence-electron chi connectivity index (χ1n) is 9.59. The molecule has 4 aromatic rings. The molecule has 2 N–H and O–H groups in total. The smallest absolute Gasteiger partial charge is 0.271 e. The molecule has 2 aromatic carbocycles. The zero-order chi connectivity index (χ0) is 23.4. The van der Waals surface area contributed by atoms with Crippen LogP contribution in [0.4, 0.5) is 13.2 Å². The number of para-hydroxylation sites is 1. The van der Waals surface area contributed by atoms with Crippen molar-refractivity contribution in [3.8, 4) is 17.1 Å². The number of carbonyl (C=O) groups excluding carboxylic acids is 2. The molecular formula is C21H16F3N7O2. The molecule has 0 saturated carbocycles. The number of rotatable bonds is 5. The van der Waals surface area contributed by atoms with Gasteiger partial charge in [0.15, 0.2) is 11.5 Å². The van der Waals surface area contributed by atoms with E-state index in [2.05, 4.69) is 26.0 Å². The van der Waals surface area contributed by atoms with Crippen molar-refractivity contribution in [1.82, 2.24) is 35.4 Å². The van der Waals surface area contributed by atoms with E-state index in [1.54, 1.807) is 12.1 Å². The predicted molar refractivity (Wildman–Crippen MR) is 110 cm³/mol. The zero-order valence-corrected chi connectivity index (χ0v) is 16.8. The van der Waals surface area contributed by atoms with Crippen molar-refractivity contribution in [3.63, 3.8) is 0 Å². The summed E-state index contributed by atoms with van der Waals surface area (Å²) < 4.78 is 40.1. The van der Waals surface area contributed by atoms with Crippen molar-refractivity contribution in [2.24, 2.45) is 0 Å². The molecule has 33 heavy (non-hydrogen) atoms. The molecule has 2 aromatic heterocycles. The lowest BCUT2D eigenvalue weighted by Crippen LogP contribution is -2.43. The summed E-state index contributed by atoms with van der Waals surface area (Å²) in [6.45, 7) is -0.530. The number of hydrogen-bond acceptors (Lipinski definition) is 5. The third-order valence-corrected chi connectivity index (χ3v) is 4.40. The Morgan fingerprint density at radius 1 is 0.879 bits per heavy atom. The van der Waals surface area contributed by atoms with Crippen LogP contribution in [-0.4, -0.2) is 36.4 Å². The van der Waals surface area contributed by atoms with Gasteiger partial charge in [0, 0.05) is 11.8 Å². The van der Waals surface area contributed by atoms with Gasteiger partial charge in [-0.25, -0.2) is 9.67 Å². The lowest BCUT2D eigenvalue weighted by Gasteiger charge is -2.06. The van der Waals surface area contributed by atoms with E-state index in [9.17, 15) is 22.8 Å². The number of aromatic nitrogens is 5. The van der Waals surface area contributed by atoms with Crippen LogP contribution in [0.5, 0.6) is 0 Å². The zero-order valence-electron chi connectivity index (χ0n) is 16.8. The SMILES string of the molecule is O=C(Cn1ccc(C(F)(F)F)n1)NNC(=O)c1nc(-c2ccccc2)n(-c2ccccc2)n1. The molecule has 168 valence electrons. The Morgan fingerprint density at radius 2 is 1.55 bits per heavy atom. The fourth-order valence-corrected chi connectivity index (χ4v) is 2.90. The van der Waals surface area contributed by atoms with Gasteiger partial charge >= 0.3 is 12.1 Å². The van der Waals surface area contributed by atoms with Crippen molar-refractivity contribution in [1.29, 1.82) is 0 Å². The summed E-state index contributed by atoms with van der Waals surface area (Å²) >= 11 is 0. The second kappa shape index (κ2) is 8.94. The van der Waals surface area contributed by atoms with Gasteiger partial charge in [0.05, 0.1) is 5.69 Å². The summed E-state index contributed by atoms with van der Waals surface area (Å²) in [5.74, 6) is -1.39. The maximum Gasteiger partial charge on any atom is 0.435 e. The molecule has 2 heterocycles. The van der Waals surface area contributed by atoms with E-state index in [4.69, 9.17) is 0 Å². The normalized spacial score (nSPS) is 11.2. The molecule has 0 bridgehead atoms. The van der Waals surface area contributed by atoms with Crippen molar-refractivity contribution < 1.29 is 22.8 Å². The van der Waals surface area contributed by atoms with Gasteiger partial charge in [0.1, 0.15) is 6.54 Å². The lowest BCUT2D eigenvalue weighted by atomic mass is 10.2.